The van der Waals surface area contributed by atoms with Crippen molar-refractivity contribution in [2.75, 3.05) is 0 Å². The highest BCUT2D eigenvalue weighted by Crippen LogP contribution is 2.47. The molecule has 0 aliphatic carbocycles. The van der Waals surface area contributed by atoms with Gasteiger partial charge in [-0.05, 0) is 107 Å². The summed E-state index contributed by atoms with van der Waals surface area (Å²) in [5.74, 6) is -0.197. The zero-order valence-corrected chi connectivity index (χ0v) is 28.9. The largest absolute Gasteiger partial charge is 0.504 e. The van der Waals surface area contributed by atoms with Crippen LogP contribution in [0, 0.1) is 5.82 Å². The lowest BCUT2D eigenvalue weighted by molar-refractivity contribution is 0.0414. The summed E-state index contributed by atoms with van der Waals surface area (Å²) >= 11 is 0. The van der Waals surface area contributed by atoms with Crippen molar-refractivity contribution >= 4 is 6.21 Å². The van der Waals surface area contributed by atoms with Crippen LogP contribution in [0.15, 0.2) is 59.6 Å². The number of halogens is 1. The average Bonchev–Trinajstić information content (AvgIpc) is 2.86. The summed E-state index contributed by atoms with van der Waals surface area (Å²) in [6, 6.07) is 15.3. The van der Waals surface area contributed by atoms with Gasteiger partial charge in [0.15, 0.2) is 11.6 Å². The second kappa shape index (κ2) is 12.2. The number of para-hydroxylation sites is 1. The van der Waals surface area contributed by atoms with Crippen molar-refractivity contribution < 1.29 is 24.1 Å². The second-order valence-corrected chi connectivity index (χ2v) is 15.7. The Labute approximate surface area is 264 Å². The summed E-state index contributed by atoms with van der Waals surface area (Å²) in [5, 5.41) is 23.7. The Morgan fingerprint density at radius 3 is 1.52 bits per heavy atom. The van der Waals surface area contributed by atoms with E-state index >= 15 is 0 Å². The molecule has 3 aromatic carbocycles. The van der Waals surface area contributed by atoms with E-state index in [0.717, 1.165) is 11.1 Å². The Kier molecular flexibility index (Phi) is 9.73. The van der Waals surface area contributed by atoms with Crippen molar-refractivity contribution in [2.45, 2.75) is 124 Å². The first-order valence-corrected chi connectivity index (χ1v) is 15.3. The molecule has 0 radical (unpaired) electrons. The molecule has 0 aliphatic heterocycles. The smallest absolute Gasteiger partial charge is 0.165 e. The molecule has 5 nitrogen and oxygen atoms in total. The Bertz CT molecular complexity index is 1420. The molecule has 0 aliphatic rings. The average molecular weight is 606 g/mol. The van der Waals surface area contributed by atoms with Gasteiger partial charge in [0.1, 0.15) is 28.3 Å². The lowest BCUT2D eigenvalue weighted by Crippen LogP contribution is -2.41. The third kappa shape index (κ3) is 8.20. The third-order valence-electron chi connectivity index (χ3n) is 7.40. The molecule has 44 heavy (non-hydrogen) atoms. The molecule has 0 spiro atoms. The lowest BCUT2D eigenvalue weighted by Gasteiger charge is -2.39. The molecule has 3 rings (SSSR count). The molecule has 0 fully saturated rings. The molecule has 0 aromatic heterocycles. The van der Waals surface area contributed by atoms with Crippen LogP contribution >= 0.6 is 0 Å². The van der Waals surface area contributed by atoms with Gasteiger partial charge in [-0.25, -0.2) is 4.39 Å². The van der Waals surface area contributed by atoms with Crippen LogP contribution in [0.3, 0.4) is 0 Å². The Balaban J connectivity index is 2.48. The zero-order chi connectivity index (χ0) is 33.5. The number of nitrogens with zero attached hydrogens (tertiary/aromatic N) is 1. The van der Waals surface area contributed by atoms with Crippen LogP contribution in [-0.2, 0) is 16.4 Å². The van der Waals surface area contributed by atoms with E-state index in [1.54, 1.807) is 6.07 Å². The first-order valence-electron chi connectivity index (χ1n) is 15.3. The normalized spacial score (nSPS) is 14.2. The fourth-order valence-electron chi connectivity index (χ4n) is 4.96. The highest BCUT2D eigenvalue weighted by atomic mass is 19.1. The van der Waals surface area contributed by atoms with Gasteiger partial charge < -0.3 is 19.7 Å². The maximum atomic E-state index is 14.2. The van der Waals surface area contributed by atoms with Gasteiger partial charge in [0, 0.05) is 22.9 Å². The van der Waals surface area contributed by atoms with E-state index in [4.69, 9.17) is 14.5 Å². The van der Waals surface area contributed by atoms with Gasteiger partial charge >= 0.3 is 0 Å². The minimum atomic E-state index is -1.77. The standard InChI is InChI=1S/C38H52FNO4/c1-24(40-23-25-15-14-16-30(39)33(25)41)38(42,28-21-26(34(2,3)4)17-19-31(28)43-36(8,9)10)29-22-27(35(5,6)7)18-20-32(29)44-37(11,12)13/h14-24,41-42H,1-13H3. The summed E-state index contributed by atoms with van der Waals surface area (Å²) < 4.78 is 27.2. The predicted octanol–water partition coefficient (Wildman–Crippen LogP) is 9.22. The van der Waals surface area contributed by atoms with Gasteiger partial charge in [0.25, 0.3) is 0 Å². The Morgan fingerprint density at radius 1 is 0.705 bits per heavy atom. The quantitative estimate of drug-likeness (QED) is 0.263. The number of aliphatic hydroxyl groups is 1. The molecule has 0 bridgehead atoms. The van der Waals surface area contributed by atoms with Crippen molar-refractivity contribution in [3.05, 3.63) is 88.2 Å². The van der Waals surface area contributed by atoms with Crippen molar-refractivity contribution in [3.8, 4) is 17.2 Å². The number of hydrogen-bond donors (Lipinski definition) is 2. The van der Waals surface area contributed by atoms with Crippen molar-refractivity contribution in [2.24, 2.45) is 4.99 Å². The molecule has 0 saturated carbocycles. The topological polar surface area (TPSA) is 71.3 Å². The Morgan fingerprint density at radius 2 is 1.14 bits per heavy atom. The molecule has 0 heterocycles. The molecule has 6 heteroatoms. The van der Waals surface area contributed by atoms with Crippen molar-refractivity contribution in [1.29, 1.82) is 0 Å². The van der Waals surface area contributed by atoms with Gasteiger partial charge in [0.05, 0.1) is 6.04 Å². The SMILES string of the molecule is CC(N=Cc1cccc(F)c1O)C(O)(c1cc(C(C)(C)C)ccc1OC(C)(C)C)c1cc(C(C)(C)C)ccc1OC(C)(C)C. The monoisotopic (exact) mass is 605 g/mol. The van der Waals surface area contributed by atoms with Gasteiger partial charge in [0.2, 0.25) is 0 Å². The van der Waals surface area contributed by atoms with Gasteiger partial charge in [-0.2, -0.15) is 0 Å². The van der Waals surface area contributed by atoms with E-state index in [-0.39, 0.29) is 16.4 Å². The summed E-state index contributed by atoms with van der Waals surface area (Å²) in [7, 11) is 0. The van der Waals surface area contributed by atoms with Crippen LogP contribution < -0.4 is 9.47 Å². The summed E-state index contributed by atoms with van der Waals surface area (Å²) in [6.07, 6.45) is 1.41. The minimum absolute atomic E-state index is 0.211. The maximum Gasteiger partial charge on any atom is 0.165 e. The number of ether oxygens (including phenoxy) is 2. The Hall–Kier alpha value is -3.38. The molecular formula is C38H52FNO4. The number of aromatic hydroxyl groups is 1. The fourth-order valence-corrected chi connectivity index (χ4v) is 4.96. The molecule has 2 N–H and O–H groups in total. The van der Waals surface area contributed by atoms with Crippen molar-refractivity contribution in [3.63, 3.8) is 0 Å². The molecule has 240 valence electrons. The summed E-state index contributed by atoms with van der Waals surface area (Å²) in [4.78, 5) is 4.77. The highest BCUT2D eigenvalue weighted by Gasteiger charge is 2.44. The van der Waals surface area contributed by atoms with Crippen LogP contribution in [0.4, 0.5) is 4.39 Å². The molecular weight excluding hydrogens is 553 g/mol. The van der Waals surface area contributed by atoms with Crippen LogP contribution in [0.1, 0.15) is 118 Å². The minimum Gasteiger partial charge on any atom is -0.504 e. The molecule has 1 atom stereocenters. The third-order valence-corrected chi connectivity index (χ3v) is 7.40. The van der Waals surface area contributed by atoms with Crippen LogP contribution in [-0.4, -0.2) is 33.7 Å². The van der Waals surface area contributed by atoms with Crippen LogP contribution in [0.25, 0.3) is 0 Å². The molecule has 3 aromatic rings. The fraction of sp³-hybridized carbons (Fsp3) is 0.500. The second-order valence-electron chi connectivity index (χ2n) is 15.7. The van der Waals surface area contributed by atoms with E-state index in [2.05, 4.69) is 41.5 Å². The van der Waals surface area contributed by atoms with Crippen LogP contribution in [0.2, 0.25) is 0 Å². The van der Waals surface area contributed by atoms with E-state index in [9.17, 15) is 14.6 Å². The predicted molar refractivity (Wildman–Crippen MR) is 179 cm³/mol. The van der Waals surface area contributed by atoms with Crippen LogP contribution in [0.5, 0.6) is 17.2 Å². The number of phenols is 1. The number of phenolic OH excluding ortho intramolecular Hbond substituents is 1. The van der Waals surface area contributed by atoms with E-state index in [1.165, 1.54) is 18.3 Å². The highest BCUT2D eigenvalue weighted by molar-refractivity contribution is 5.83. The molecule has 0 amide bonds. The molecule has 1 unspecified atom stereocenters. The first-order chi connectivity index (χ1) is 19.9. The molecule has 0 saturated heterocycles. The van der Waals surface area contributed by atoms with Gasteiger partial charge in [-0.3, -0.25) is 4.99 Å². The van der Waals surface area contributed by atoms with E-state index < -0.39 is 34.4 Å². The lowest BCUT2D eigenvalue weighted by atomic mass is 9.75. The number of aliphatic imine (C=N–C) groups is 1. The van der Waals surface area contributed by atoms with Gasteiger partial charge in [-0.1, -0.05) is 59.7 Å². The van der Waals surface area contributed by atoms with E-state index in [1.807, 2.05) is 84.9 Å². The maximum absolute atomic E-state index is 14.2. The zero-order valence-electron chi connectivity index (χ0n) is 28.9. The summed E-state index contributed by atoms with van der Waals surface area (Å²) in [5.41, 5.74) is -0.0371. The number of rotatable bonds is 7. The number of benzene rings is 3. The van der Waals surface area contributed by atoms with Gasteiger partial charge in [-0.15, -0.1) is 0 Å². The first kappa shape index (κ1) is 35.1. The van der Waals surface area contributed by atoms with Crippen molar-refractivity contribution in [1.82, 2.24) is 0 Å². The number of hydrogen-bond acceptors (Lipinski definition) is 5. The van der Waals surface area contributed by atoms with E-state index in [0.29, 0.717) is 22.6 Å². The summed E-state index contributed by atoms with van der Waals surface area (Å²) in [6.45, 7) is 26.4.